The highest BCUT2D eigenvalue weighted by atomic mass is 16.3. The molecule has 0 spiro atoms. The molecule has 0 aliphatic carbocycles. The molecule has 0 amide bonds. The SMILES string of the molecule is Oc1cccc(Cc2ncc[nH]2)c1Cc1ncc[nH]1. The zero-order valence-corrected chi connectivity index (χ0v) is 10.3. The van der Waals surface area contributed by atoms with Gasteiger partial charge in [-0.05, 0) is 11.6 Å². The highest BCUT2D eigenvalue weighted by Crippen LogP contribution is 2.24. The van der Waals surface area contributed by atoms with Crippen LogP contribution in [0.4, 0.5) is 0 Å². The fourth-order valence-corrected chi connectivity index (χ4v) is 2.13. The van der Waals surface area contributed by atoms with E-state index in [4.69, 9.17) is 0 Å². The van der Waals surface area contributed by atoms with Crippen molar-refractivity contribution in [2.75, 3.05) is 0 Å². The summed E-state index contributed by atoms with van der Waals surface area (Å²) in [5.74, 6) is 2.01. The number of aromatic hydroxyl groups is 1. The van der Waals surface area contributed by atoms with Crippen LogP contribution in [0.3, 0.4) is 0 Å². The van der Waals surface area contributed by atoms with E-state index in [2.05, 4.69) is 19.9 Å². The van der Waals surface area contributed by atoms with Crippen LogP contribution in [0.1, 0.15) is 22.8 Å². The fraction of sp³-hybridized carbons (Fsp3) is 0.143. The third kappa shape index (κ3) is 2.49. The highest BCUT2D eigenvalue weighted by Gasteiger charge is 2.11. The van der Waals surface area contributed by atoms with Gasteiger partial charge in [-0.2, -0.15) is 0 Å². The minimum absolute atomic E-state index is 0.292. The van der Waals surface area contributed by atoms with Gasteiger partial charge in [0.15, 0.2) is 0 Å². The first kappa shape index (κ1) is 11.5. The maximum absolute atomic E-state index is 10.0. The summed E-state index contributed by atoms with van der Waals surface area (Å²) >= 11 is 0. The van der Waals surface area contributed by atoms with Crippen molar-refractivity contribution in [2.24, 2.45) is 0 Å². The Morgan fingerprint density at radius 2 is 1.63 bits per heavy atom. The largest absolute Gasteiger partial charge is 0.508 e. The van der Waals surface area contributed by atoms with Crippen molar-refractivity contribution in [2.45, 2.75) is 12.8 Å². The molecular weight excluding hydrogens is 240 g/mol. The lowest BCUT2D eigenvalue weighted by Crippen LogP contribution is -2.00. The lowest BCUT2D eigenvalue weighted by Gasteiger charge is -2.09. The molecule has 5 nitrogen and oxygen atoms in total. The average Bonchev–Trinajstić information content (AvgIpc) is 3.07. The van der Waals surface area contributed by atoms with E-state index >= 15 is 0 Å². The number of rotatable bonds is 4. The number of nitrogens with one attached hydrogen (secondary N) is 2. The van der Waals surface area contributed by atoms with Gasteiger partial charge in [-0.3, -0.25) is 0 Å². The lowest BCUT2D eigenvalue weighted by molar-refractivity contribution is 0.468. The van der Waals surface area contributed by atoms with Gasteiger partial charge in [0.05, 0.1) is 0 Å². The summed E-state index contributed by atoms with van der Waals surface area (Å²) in [6.07, 6.45) is 8.25. The lowest BCUT2D eigenvalue weighted by atomic mass is 10.00. The molecular formula is C14H14N4O. The monoisotopic (exact) mass is 254 g/mol. The molecule has 2 aromatic heterocycles. The number of phenolic OH excluding ortho intramolecular Hbond substituents is 1. The Morgan fingerprint density at radius 3 is 2.26 bits per heavy atom. The number of benzene rings is 1. The summed E-state index contributed by atoms with van der Waals surface area (Å²) < 4.78 is 0. The molecule has 0 saturated carbocycles. The number of aromatic nitrogens is 4. The maximum atomic E-state index is 10.0. The Kier molecular flexibility index (Phi) is 3.02. The molecule has 0 aliphatic rings. The van der Waals surface area contributed by atoms with Gasteiger partial charge in [-0.1, -0.05) is 12.1 Å². The summed E-state index contributed by atoms with van der Waals surface area (Å²) in [5.41, 5.74) is 1.93. The Labute approximate surface area is 110 Å². The molecule has 0 atom stereocenters. The van der Waals surface area contributed by atoms with Crippen molar-refractivity contribution >= 4 is 0 Å². The van der Waals surface area contributed by atoms with Crippen molar-refractivity contribution in [3.8, 4) is 5.75 Å². The van der Waals surface area contributed by atoms with E-state index in [9.17, 15) is 5.11 Å². The standard InChI is InChI=1S/C14H14N4O/c19-12-3-1-2-10(8-13-15-4-5-16-13)11(12)9-14-17-6-7-18-14/h1-7,19H,8-9H2,(H,15,16)(H,17,18). The number of H-pyrrole nitrogens is 2. The zero-order chi connectivity index (χ0) is 13.1. The van der Waals surface area contributed by atoms with Gasteiger partial charge in [0.25, 0.3) is 0 Å². The predicted molar refractivity (Wildman–Crippen MR) is 70.9 cm³/mol. The molecule has 2 heterocycles. The number of nitrogens with zero attached hydrogens (tertiary/aromatic N) is 2. The van der Waals surface area contributed by atoms with E-state index < -0.39 is 0 Å². The van der Waals surface area contributed by atoms with Crippen LogP contribution in [0.5, 0.6) is 5.75 Å². The van der Waals surface area contributed by atoms with Crippen LogP contribution in [0.2, 0.25) is 0 Å². The number of hydrogen-bond donors (Lipinski definition) is 3. The normalized spacial score (nSPS) is 10.7. The van der Waals surface area contributed by atoms with Crippen molar-refractivity contribution in [1.82, 2.24) is 19.9 Å². The molecule has 0 fully saturated rings. The van der Waals surface area contributed by atoms with Crippen molar-refractivity contribution in [1.29, 1.82) is 0 Å². The van der Waals surface area contributed by atoms with E-state index in [1.807, 2.05) is 12.1 Å². The Hall–Kier alpha value is -2.56. The molecule has 19 heavy (non-hydrogen) atoms. The Morgan fingerprint density at radius 1 is 0.947 bits per heavy atom. The molecule has 3 N–H and O–H groups in total. The van der Waals surface area contributed by atoms with Crippen LogP contribution in [-0.2, 0) is 12.8 Å². The topological polar surface area (TPSA) is 77.6 Å². The summed E-state index contributed by atoms with van der Waals surface area (Å²) in [5, 5.41) is 10.0. The first-order valence-electron chi connectivity index (χ1n) is 6.09. The predicted octanol–water partition coefficient (Wildman–Crippen LogP) is 2.02. The van der Waals surface area contributed by atoms with E-state index in [1.54, 1.807) is 30.9 Å². The van der Waals surface area contributed by atoms with Gasteiger partial charge >= 0.3 is 0 Å². The van der Waals surface area contributed by atoms with Gasteiger partial charge in [0.2, 0.25) is 0 Å². The number of hydrogen-bond acceptors (Lipinski definition) is 3. The van der Waals surface area contributed by atoms with Crippen LogP contribution in [0, 0.1) is 0 Å². The van der Waals surface area contributed by atoms with E-state index in [1.165, 1.54) is 0 Å². The highest BCUT2D eigenvalue weighted by molar-refractivity contribution is 5.42. The second-order valence-electron chi connectivity index (χ2n) is 4.34. The zero-order valence-electron chi connectivity index (χ0n) is 10.3. The van der Waals surface area contributed by atoms with Crippen LogP contribution in [0.25, 0.3) is 0 Å². The molecule has 5 heteroatoms. The first-order valence-corrected chi connectivity index (χ1v) is 6.09. The number of aromatic amines is 2. The molecule has 0 bridgehead atoms. The molecule has 1 aromatic carbocycles. The third-order valence-electron chi connectivity index (χ3n) is 3.06. The Bertz CT molecular complexity index is 644. The number of phenols is 1. The summed E-state index contributed by atoms with van der Waals surface area (Å²) in [6.45, 7) is 0. The van der Waals surface area contributed by atoms with Crippen molar-refractivity contribution in [3.05, 3.63) is 65.8 Å². The Balaban J connectivity index is 1.93. The quantitative estimate of drug-likeness (QED) is 0.666. The van der Waals surface area contributed by atoms with Gasteiger partial charge in [0, 0.05) is 43.2 Å². The summed E-state index contributed by atoms with van der Waals surface area (Å²) in [4.78, 5) is 14.5. The van der Waals surface area contributed by atoms with Crippen LogP contribution >= 0.6 is 0 Å². The minimum atomic E-state index is 0.292. The van der Waals surface area contributed by atoms with Crippen LogP contribution in [0.15, 0.2) is 43.0 Å². The van der Waals surface area contributed by atoms with Crippen molar-refractivity contribution in [3.63, 3.8) is 0 Å². The molecule has 0 aliphatic heterocycles. The average molecular weight is 254 g/mol. The first-order chi connectivity index (χ1) is 9.33. The van der Waals surface area contributed by atoms with Crippen LogP contribution in [-0.4, -0.2) is 25.0 Å². The molecule has 3 aromatic rings. The third-order valence-corrected chi connectivity index (χ3v) is 3.06. The molecule has 0 radical (unpaired) electrons. The molecule has 0 unspecified atom stereocenters. The molecule has 96 valence electrons. The van der Waals surface area contributed by atoms with Gasteiger partial charge in [-0.15, -0.1) is 0 Å². The van der Waals surface area contributed by atoms with E-state index in [0.717, 1.165) is 22.8 Å². The summed E-state index contributed by atoms with van der Waals surface area (Å²) in [7, 11) is 0. The second-order valence-corrected chi connectivity index (χ2v) is 4.34. The van der Waals surface area contributed by atoms with E-state index in [-0.39, 0.29) is 0 Å². The second kappa shape index (κ2) is 4.97. The molecule has 0 saturated heterocycles. The fourth-order valence-electron chi connectivity index (χ4n) is 2.13. The van der Waals surface area contributed by atoms with Crippen molar-refractivity contribution < 1.29 is 5.11 Å². The smallest absolute Gasteiger partial charge is 0.119 e. The van der Waals surface area contributed by atoms with Gasteiger partial charge in [0.1, 0.15) is 17.4 Å². The van der Waals surface area contributed by atoms with Crippen LogP contribution < -0.4 is 0 Å². The number of imidazole rings is 2. The summed E-state index contributed by atoms with van der Waals surface area (Å²) in [6, 6.07) is 5.55. The maximum Gasteiger partial charge on any atom is 0.119 e. The van der Waals surface area contributed by atoms with Gasteiger partial charge < -0.3 is 15.1 Å². The minimum Gasteiger partial charge on any atom is -0.508 e. The van der Waals surface area contributed by atoms with Gasteiger partial charge in [-0.25, -0.2) is 9.97 Å². The molecule has 3 rings (SSSR count). The van der Waals surface area contributed by atoms with E-state index in [0.29, 0.717) is 18.6 Å².